The summed E-state index contributed by atoms with van der Waals surface area (Å²) in [5.41, 5.74) is 0.679. The van der Waals surface area contributed by atoms with Crippen LogP contribution in [0.1, 0.15) is 6.92 Å². The summed E-state index contributed by atoms with van der Waals surface area (Å²) in [4.78, 5) is 14.9. The monoisotopic (exact) mass is 217 g/mol. The second-order valence-corrected chi connectivity index (χ2v) is 3.43. The van der Waals surface area contributed by atoms with Gasteiger partial charge in [-0.3, -0.25) is 4.98 Å². The number of nitrogens with zero attached hydrogens (tertiary/aromatic N) is 1. The Labute approximate surface area is 92.5 Å². The quantitative estimate of drug-likeness (QED) is 0.855. The van der Waals surface area contributed by atoms with Crippen molar-refractivity contribution >= 4 is 16.9 Å². The minimum Gasteiger partial charge on any atom is -0.479 e. The number of carboxylic acid groups (broad SMARTS) is 1. The maximum Gasteiger partial charge on any atom is 0.344 e. The topological polar surface area (TPSA) is 59.4 Å². The number of fused-ring (bicyclic) bond motifs is 1. The molecular formula is C12H11NO3. The molecule has 1 aromatic carbocycles. The number of para-hydroxylation sites is 1. The van der Waals surface area contributed by atoms with Crippen LogP contribution in [0, 0.1) is 0 Å². The molecule has 0 saturated heterocycles. The fraction of sp³-hybridized carbons (Fsp3) is 0.167. The van der Waals surface area contributed by atoms with E-state index in [0.717, 1.165) is 5.39 Å². The van der Waals surface area contributed by atoms with Gasteiger partial charge in [-0.1, -0.05) is 18.2 Å². The van der Waals surface area contributed by atoms with Crippen LogP contribution in [0.5, 0.6) is 5.75 Å². The first-order valence-corrected chi connectivity index (χ1v) is 4.91. The average Bonchev–Trinajstić information content (AvgIpc) is 2.29. The lowest BCUT2D eigenvalue weighted by molar-refractivity contribution is -0.144. The van der Waals surface area contributed by atoms with E-state index in [9.17, 15) is 4.79 Å². The minimum absolute atomic E-state index is 0.494. The van der Waals surface area contributed by atoms with E-state index in [1.807, 2.05) is 24.3 Å². The molecule has 0 radical (unpaired) electrons. The number of benzene rings is 1. The second kappa shape index (κ2) is 4.18. The van der Waals surface area contributed by atoms with E-state index < -0.39 is 12.1 Å². The van der Waals surface area contributed by atoms with Gasteiger partial charge in [0.1, 0.15) is 11.3 Å². The van der Waals surface area contributed by atoms with Crippen molar-refractivity contribution in [2.45, 2.75) is 13.0 Å². The Bertz CT molecular complexity index is 519. The molecule has 1 aromatic heterocycles. The van der Waals surface area contributed by atoms with E-state index in [1.165, 1.54) is 6.92 Å². The zero-order valence-electron chi connectivity index (χ0n) is 8.75. The molecular weight excluding hydrogens is 206 g/mol. The summed E-state index contributed by atoms with van der Waals surface area (Å²) in [5.74, 6) is -0.499. The number of pyridine rings is 1. The molecule has 0 aliphatic rings. The number of rotatable bonds is 3. The van der Waals surface area contributed by atoms with Gasteiger partial charge in [0.05, 0.1) is 0 Å². The highest BCUT2D eigenvalue weighted by Gasteiger charge is 2.14. The molecule has 16 heavy (non-hydrogen) atoms. The van der Waals surface area contributed by atoms with Crippen LogP contribution in [0.3, 0.4) is 0 Å². The highest BCUT2D eigenvalue weighted by Crippen LogP contribution is 2.23. The molecule has 0 aliphatic heterocycles. The van der Waals surface area contributed by atoms with Crippen LogP contribution in [0.2, 0.25) is 0 Å². The Morgan fingerprint density at radius 3 is 2.88 bits per heavy atom. The molecule has 4 nitrogen and oxygen atoms in total. The number of carbonyl (C=O) groups is 1. The van der Waals surface area contributed by atoms with Crippen LogP contribution in [0.15, 0.2) is 36.5 Å². The van der Waals surface area contributed by atoms with Gasteiger partial charge in [0.15, 0.2) is 6.10 Å². The largest absolute Gasteiger partial charge is 0.479 e. The molecule has 0 amide bonds. The Morgan fingerprint density at radius 1 is 1.38 bits per heavy atom. The molecule has 1 heterocycles. The van der Waals surface area contributed by atoms with Gasteiger partial charge in [-0.25, -0.2) is 4.79 Å². The van der Waals surface area contributed by atoms with Gasteiger partial charge in [0.2, 0.25) is 0 Å². The summed E-state index contributed by atoms with van der Waals surface area (Å²) in [5, 5.41) is 9.70. The van der Waals surface area contributed by atoms with Gasteiger partial charge >= 0.3 is 5.97 Å². The molecule has 0 spiro atoms. The Morgan fingerprint density at radius 2 is 2.12 bits per heavy atom. The SMILES string of the molecule is CC(Oc1cccc2cccnc12)C(=O)O. The first-order chi connectivity index (χ1) is 7.68. The highest BCUT2D eigenvalue weighted by atomic mass is 16.5. The molecule has 1 unspecified atom stereocenters. The van der Waals surface area contributed by atoms with E-state index >= 15 is 0 Å². The van der Waals surface area contributed by atoms with Gasteiger partial charge < -0.3 is 9.84 Å². The summed E-state index contributed by atoms with van der Waals surface area (Å²) >= 11 is 0. The molecule has 0 aliphatic carbocycles. The zero-order valence-corrected chi connectivity index (χ0v) is 8.75. The van der Waals surface area contributed by atoms with Crippen LogP contribution >= 0.6 is 0 Å². The predicted octanol–water partition coefficient (Wildman–Crippen LogP) is 2.09. The maximum absolute atomic E-state index is 10.7. The Hall–Kier alpha value is -2.10. The molecule has 2 aromatic rings. The van der Waals surface area contributed by atoms with E-state index in [4.69, 9.17) is 9.84 Å². The highest BCUT2D eigenvalue weighted by molar-refractivity contribution is 5.84. The lowest BCUT2D eigenvalue weighted by Gasteiger charge is -2.11. The summed E-state index contributed by atoms with van der Waals surface area (Å²) < 4.78 is 5.33. The number of aliphatic carboxylic acids is 1. The van der Waals surface area contributed by atoms with E-state index in [1.54, 1.807) is 12.3 Å². The van der Waals surface area contributed by atoms with Crippen molar-refractivity contribution in [3.05, 3.63) is 36.5 Å². The van der Waals surface area contributed by atoms with Gasteiger partial charge in [0.25, 0.3) is 0 Å². The van der Waals surface area contributed by atoms with Crippen molar-refractivity contribution in [1.82, 2.24) is 4.98 Å². The van der Waals surface area contributed by atoms with Crippen molar-refractivity contribution in [2.24, 2.45) is 0 Å². The number of aromatic nitrogens is 1. The van der Waals surface area contributed by atoms with Gasteiger partial charge in [-0.2, -0.15) is 0 Å². The van der Waals surface area contributed by atoms with E-state index in [2.05, 4.69) is 4.98 Å². The molecule has 1 atom stereocenters. The minimum atomic E-state index is -0.993. The van der Waals surface area contributed by atoms with Crippen LogP contribution in [-0.4, -0.2) is 22.2 Å². The normalized spacial score (nSPS) is 12.3. The third-order valence-electron chi connectivity index (χ3n) is 2.25. The standard InChI is InChI=1S/C12H11NO3/c1-8(12(14)15)16-10-6-2-4-9-5-3-7-13-11(9)10/h2-8H,1H3,(H,14,15). The number of hydrogen-bond donors (Lipinski definition) is 1. The second-order valence-electron chi connectivity index (χ2n) is 3.43. The summed E-state index contributed by atoms with van der Waals surface area (Å²) in [6.07, 6.45) is 0.772. The van der Waals surface area contributed by atoms with Gasteiger partial charge in [-0.05, 0) is 19.1 Å². The summed E-state index contributed by atoms with van der Waals surface area (Å²) in [6, 6.07) is 9.16. The fourth-order valence-corrected chi connectivity index (χ4v) is 1.41. The lowest BCUT2D eigenvalue weighted by Crippen LogP contribution is -2.23. The van der Waals surface area contributed by atoms with Crippen molar-refractivity contribution < 1.29 is 14.6 Å². The first-order valence-electron chi connectivity index (χ1n) is 4.91. The number of carboxylic acids is 1. The van der Waals surface area contributed by atoms with Crippen LogP contribution in [0.25, 0.3) is 10.9 Å². The number of hydrogen-bond acceptors (Lipinski definition) is 3. The molecule has 0 bridgehead atoms. The van der Waals surface area contributed by atoms with Crippen molar-refractivity contribution in [3.8, 4) is 5.75 Å². The third kappa shape index (κ3) is 1.95. The Balaban J connectivity index is 2.41. The predicted molar refractivity (Wildman–Crippen MR) is 59.5 cm³/mol. The van der Waals surface area contributed by atoms with E-state index in [-0.39, 0.29) is 0 Å². The summed E-state index contributed by atoms with van der Waals surface area (Å²) in [7, 11) is 0. The average molecular weight is 217 g/mol. The van der Waals surface area contributed by atoms with Gasteiger partial charge in [0, 0.05) is 11.6 Å². The molecule has 0 saturated carbocycles. The van der Waals surface area contributed by atoms with Crippen LogP contribution < -0.4 is 4.74 Å². The van der Waals surface area contributed by atoms with Crippen molar-refractivity contribution in [3.63, 3.8) is 0 Å². The first kappa shape index (κ1) is 10.4. The molecule has 1 N–H and O–H groups in total. The zero-order chi connectivity index (χ0) is 11.5. The lowest BCUT2D eigenvalue weighted by atomic mass is 10.2. The molecule has 0 fully saturated rings. The smallest absolute Gasteiger partial charge is 0.344 e. The molecule has 4 heteroatoms. The molecule has 2 rings (SSSR count). The van der Waals surface area contributed by atoms with Gasteiger partial charge in [-0.15, -0.1) is 0 Å². The Kier molecular flexibility index (Phi) is 2.72. The fourth-order valence-electron chi connectivity index (χ4n) is 1.41. The summed E-state index contributed by atoms with van der Waals surface area (Å²) in [6.45, 7) is 1.49. The molecule has 82 valence electrons. The van der Waals surface area contributed by atoms with Crippen LogP contribution in [0.4, 0.5) is 0 Å². The third-order valence-corrected chi connectivity index (χ3v) is 2.25. The van der Waals surface area contributed by atoms with Crippen LogP contribution in [-0.2, 0) is 4.79 Å². The maximum atomic E-state index is 10.7. The number of ether oxygens (including phenoxy) is 1. The van der Waals surface area contributed by atoms with Crippen molar-refractivity contribution in [2.75, 3.05) is 0 Å². The van der Waals surface area contributed by atoms with Crippen molar-refractivity contribution in [1.29, 1.82) is 0 Å². The van der Waals surface area contributed by atoms with E-state index in [0.29, 0.717) is 11.3 Å².